The number of aryl methyl sites for hydroxylation is 3. The van der Waals surface area contributed by atoms with Gasteiger partial charge < -0.3 is 20.7 Å². The molecule has 4 N–H and O–H groups in total. The van der Waals surface area contributed by atoms with Gasteiger partial charge in [-0.1, -0.05) is 53.7 Å². The van der Waals surface area contributed by atoms with Crippen LogP contribution in [0, 0.1) is 20.8 Å². The number of carbonyl (C=O) groups is 1. The minimum Gasteiger partial charge on any atom is -0.508 e. The molecule has 0 amide bonds. The zero-order chi connectivity index (χ0) is 23.1. The highest BCUT2D eigenvalue weighted by Gasteiger charge is 2.15. The molecule has 0 saturated carbocycles. The van der Waals surface area contributed by atoms with Gasteiger partial charge >= 0.3 is 5.97 Å². The van der Waals surface area contributed by atoms with Gasteiger partial charge in [-0.2, -0.15) is 0 Å². The van der Waals surface area contributed by atoms with Gasteiger partial charge in [0, 0.05) is 0 Å². The van der Waals surface area contributed by atoms with E-state index in [1.54, 1.807) is 25.1 Å². The molecule has 5 heteroatoms. The Bertz CT molecular complexity index is 719. The first-order valence-corrected chi connectivity index (χ1v) is 10.3. The van der Waals surface area contributed by atoms with Crippen molar-refractivity contribution < 1.29 is 19.7 Å². The van der Waals surface area contributed by atoms with Gasteiger partial charge in [-0.15, -0.1) is 0 Å². The van der Waals surface area contributed by atoms with E-state index in [2.05, 4.69) is 0 Å². The molecule has 1 atom stereocenters. The second kappa shape index (κ2) is 15.4. The van der Waals surface area contributed by atoms with E-state index in [0.29, 0.717) is 5.75 Å². The highest BCUT2D eigenvalue weighted by molar-refractivity contribution is 5.73. The van der Waals surface area contributed by atoms with Gasteiger partial charge in [0.15, 0.2) is 0 Å². The monoisotopic (exact) mass is 405 g/mol. The summed E-state index contributed by atoms with van der Waals surface area (Å²) >= 11 is 0. The van der Waals surface area contributed by atoms with E-state index in [-0.39, 0.29) is 12.2 Å². The van der Waals surface area contributed by atoms with Crippen molar-refractivity contribution in [1.82, 2.24) is 0 Å². The van der Waals surface area contributed by atoms with Crippen molar-refractivity contribution >= 4 is 5.97 Å². The Morgan fingerprint density at radius 3 is 1.83 bits per heavy atom. The van der Waals surface area contributed by atoms with Crippen LogP contribution in [0.15, 0.2) is 30.3 Å². The number of benzene rings is 2. The minimum absolute atomic E-state index is 0.226. The molecule has 5 nitrogen and oxygen atoms in total. The van der Waals surface area contributed by atoms with Crippen LogP contribution in [0.2, 0.25) is 0 Å². The summed E-state index contributed by atoms with van der Waals surface area (Å²) in [5.41, 5.74) is 9.00. The van der Waals surface area contributed by atoms with E-state index in [4.69, 9.17) is 15.6 Å². The average Bonchev–Trinajstić information content (AvgIpc) is 2.72. The first-order chi connectivity index (χ1) is 13.8. The normalized spacial score (nSPS) is 10.1. The van der Waals surface area contributed by atoms with Gasteiger partial charge in [-0.05, 0) is 67.6 Å². The number of aliphatic carboxylic acids is 1. The Kier molecular flexibility index (Phi) is 15.2. The summed E-state index contributed by atoms with van der Waals surface area (Å²) in [6, 6.07) is 7.92. The lowest BCUT2D eigenvalue weighted by molar-refractivity contribution is -0.138. The van der Waals surface area contributed by atoms with Gasteiger partial charge in [0.25, 0.3) is 0 Å². The highest BCUT2D eigenvalue weighted by Crippen LogP contribution is 2.32. The van der Waals surface area contributed by atoms with Crippen molar-refractivity contribution in [3.8, 4) is 17.2 Å². The Balaban J connectivity index is 0. The SMILES string of the molecule is CC.CC.CC.Cc1cc(Oc2c(C)cc(C[C@H](N)C(=O)O)cc2C)ccc1O. The summed E-state index contributed by atoms with van der Waals surface area (Å²) in [5.74, 6) is 0.577. The van der Waals surface area contributed by atoms with E-state index in [1.165, 1.54) is 0 Å². The van der Waals surface area contributed by atoms with Gasteiger partial charge in [-0.25, -0.2) is 0 Å². The third-order valence-electron chi connectivity index (χ3n) is 3.68. The van der Waals surface area contributed by atoms with E-state index in [1.807, 2.05) is 67.5 Å². The standard InChI is InChI=1S/C18H21NO4.3C2H6/c1-10-8-14(4-5-16(10)20)23-17-11(2)6-13(7-12(17)3)9-15(19)18(21)22;3*1-2/h4-8,15,20H,9,19H2,1-3H3,(H,21,22);3*1-2H3/t15-;;;/m0.../s1. The summed E-state index contributed by atoms with van der Waals surface area (Å²) < 4.78 is 5.92. The minimum atomic E-state index is -1.01. The first-order valence-electron chi connectivity index (χ1n) is 10.3. The summed E-state index contributed by atoms with van der Waals surface area (Å²) in [7, 11) is 0. The third kappa shape index (κ3) is 9.48. The van der Waals surface area contributed by atoms with Crippen LogP contribution in [-0.2, 0) is 11.2 Å². The van der Waals surface area contributed by atoms with Crippen molar-refractivity contribution in [1.29, 1.82) is 0 Å². The number of phenols is 1. The number of phenolic OH excluding ortho intramolecular Hbond substituents is 1. The lowest BCUT2D eigenvalue weighted by Crippen LogP contribution is -2.32. The molecule has 0 radical (unpaired) electrons. The van der Waals surface area contributed by atoms with Crippen molar-refractivity contribution in [2.45, 2.75) is 74.8 Å². The quantitative estimate of drug-likeness (QED) is 0.555. The van der Waals surface area contributed by atoms with Crippen molar-refractivity contribution in [3.63, 3.8) is 0 Å². The topological polar surface area (TPSA) is 92.8 Å². The molecule has 2 aromatic rings. The van der Waals surface area contributed by atoms with Crippen LogP contribution < -0.4 is 10.5 Å². The fraction of sp³-hybridized carbons (Fsp3) is 0.458. The number of ether oxygens (including phenoxy) is 1. The van der Waals surface area contributed by atoms with Crippen LogP contribution in [0.25, 0.3) is 0 Å². The smallest absolute Gasteiger partial charge is 0.320 e. The van der Waals surface area contributed by atoms with E-state index in [0.717, 1.165) is 28.0 Å². The van der Waals surface area contributed by atoms with Gasteiger partial charge in [0.1, 0.15) is 23.3 Å². The van der Waals surface area contributed by atoms with Gasteiger partial charge in [-0.3, -0.25) is 4.79 Å². The summed E-state index contributed by atoms with van der Waals surface area (Å²) in [5, 5.41) is 18.5. The lowest BCUT2D eigenvalue weighted by Gasteiger charge is -2.15. The second-order valence-electron chi connectivity index (χ2n) is 5.76. The van der Waals surface area contributed by atoms with Crippen molar-refractivity contribution in [2.24, 2.45) is 5.73 Å². The fourth-order valence-electron chi connectivity index (χ4n) is 2.47. The van der Waals surface area contributed by atoms with Crippen LogP contribution in [0.5, 0.6) is 17.2 Å². The largest absolute Gasteiger partial charge is 0.508 e. The molecule has 0 bridgehead atoms. The Morgan fingerprint density at radius 2 is 1.41 bits per heavy atom. The number of carboxylic acids is 1. The molecule has 0 heterocycles. The van der Waals surface area contributed by atoms with Crippen LogP contribution in [0.3, 0.4) is 0 Å². The summed E-state index contributed by atoms with van der Waals surface area (Å²) in [6.07, 6.45) is 0.273. The summed E-state index contributed by atoms with van der Waals surface area (Å²) in [6.45, 7) is 17.6. The molecule has 0 saturated heterocycles. The van der Waals surface area contributed by atoms with Crippen molar-refractivity contribution in [3.05, 3.63) is 52.6 Å². The molecular formula is C24H39NO4. The van der Waals surface area contributed by atoms with E-state index < -0.39 is 12.0 Å². The molecular weight excluding hydrogens is 366 g/mol. The Hall–Kier alpha value is -2.53. The molecule has 0 aromatic heterocycles. The number of nitrogens with two attached hydrogens (primary N) is 1. The third-order valence-corrected chi connectivity index (χ3v) is 3.68. The van der Waals surface area contributed by atoms with Gasteiger partial charge in [0.05, 0.1) is 0 Å². The number of rotatable bonds is 5. The van der Waals surface area contributed by atoms with Crippen LogP contribution in [0.4, 0.5) is 0 Å². The number of carboxylic acid groups (broad SMARTS) is 1. The lowest BCUT2D eigenvalue weighted by atomic mass is 10.0. The Labute approximate surface area is 176 Å². The molecule has 2 aromatic carbocycles. The van der Waals surface area contributed by atoms with Gasteiger partial charge in [0.2, 0.25) is 0 Å². The maximum atomic E-state index is 10.9. The molecule has 0 aliphatic carbocycles. The summed E-state index contributed by atoms with van der Waals surface area (Å²) in [4.78, 5) is 10.9. The molecule has 0 aliphatic rings. The molecule has 2 rings (SSSR count). The number of hydrogen-bond donors (Lipinski definition) is 3. The Morgan fingerprint density at radius 1 is 0.931 bits per heavy atom. The number of hydrogen-bond acceptors (Lipinski definition) is 4. The van der Waals surface area contributed by atoms with Crippen LogP contribution >= 0.6 is 0 Å². The maximum absolute atomic E-state index is 10.9. The number of aromatic hydroxyl groups is 1. The predicted molar refractivity (Wildman–Crippen MR) is 122 cm³/mol. The van der Waals surface area contributed by atoms with Crippen molar-refractivity contribution in [2.75, 3.05) is 0 Å². The molecule has 0 spiro atoms. The highest BCUT2D eigenvalue weighted by atomic mass is 16.5. The second-order valence-corrected chi connectivity index (χ2v) is 5.76. The predicted octanol–water partition coefficient (Wildman–Crippen LogP) is 6.14. The van der Waals surface area contributed by atoms with E-state index >= 15 is 0 Å². The molecule has 0 aliphatic heterocycles. The van der Waals surface area contributed by atoms with Crippen LogP contribution in [-0.4, -0.2) is 22.2 Å². The molecule has 29 heavy (non-hydrogen) atoms. The molecule has 164 valence electrons. The van der Waals surface area contributed by atoms with Crippen LogP contribution in [0.1, 0.15) is 63.8 Å². The molecule has 0 fully saturated rings. The average molecular weight is 406 g/mol. The maximum Gasteiger partial charge on any atom is 0.320 e. The zero-order valence-corrected chi connectivity index (χ0v) is 19.5. The fourth-order valence-corrected chi connectivity index (χ4v) is 2.47. The zero-order valence-electron chi connectivity index (χ0n) is 19.5. The van der Waals surface area contributed by atoms with E-state index in [9.17, 15) is 9.90 Å². The first kappa shape index (κ1) is 28.7. The molecule has 0 unspecified atom stereocenters.